The molecule has 2 aromatic rings. The summed E-state index contributed by atoms with van der Waals surface area (Å²) in [5, 5.41) is 3.92. The first-order valence-corrected chi connectivity index (χ1v) is 5.84. The van der Waals surface area contributed by atoms with E-state index in [9.17, 15) is 14.0 Å². The second-order valence-electron chi connectivity index (χ2n) is 4.16. The molecule has 0 aliphatic rings. The van der Waals surface area contributed by atoms with E-state index in [0.29, 0.717) is 11.3 Å². The summed E-state index contributed by atoms with van der Waals surface area (Å²) < 4.78 is 14.9. The van der Waals surface area contributed by atoms with Gasteiger partial charge in [0.15, 0.2) is 0 Å². The number of halogens is 1. The van der Waals surface area contributed by atoms with Crippen LogP contribution in [0.3, 0.4) is 0 Å². The lowest BCUT2D eigenvalue weighted by Gasteiger charge is -2.07. The van der Waals surface area contributed by atoms with Crippen LogP contribution >= 0.6 is 0 Å². The Balaban J connectivity index is 2.02. The number of hydrazine groups is 1. The van der Waals surface area contributed by atoms with Crippen molar-refractivity contribution in [3.8, 4) is 0 Å². The fourth-order valence-electron chi connectivity index (χ4n) is 1.62. The number of amides is 2. The zero-order valence-corrected chi connectivity index (χ0v) is 11.0. The van der Waals surface area contributed by atoms with Crippen LogP contribution in [0.5, 0.6) is 0 Å². The summed E-state index contributed by atoms with van der Waals surface area (Å²) in [6.07, 6.45) is 1.39. The number of carbonyl (C=O) groups is 2. The van der Waals surface area contributed by atoms with Crippen molar-refractivity contribution in [3.63, 3.8) is 0 Å². The van der Waals surface area contributed by atoms with Crippen LogP contribution < -0.4 is 10.9 Å². The molecular weight excluding hydrogens is 263 g/mol. The van der Waals surface area contributed by atoms with Gasteiger partial charge in [-0.15, -0.1) is 0 Å². The Labute approximate surface area is 114 Å². The number of rotatable bonds is 2. The predicted molar refractivity (Wildman–Crippen MR) is 69.3 cm³/mol. The van der Waals surface area contributed by atoms with Crippen molar-refractivity contribution in [1.29, 1.82) is 0 Å². The molecule has 0 atom stereocenters. The topological polar surface area (TPSA) is 76.0 Å². The van der Waals surface area contributed by atoms with Gasteiger partial charge in [0, 0.05) is 12.7 Å². The van der Waals surface area contributed by atoms with Gasteiger partial charge in [-0.2, -0.15) is 5.10 Å². The first-order valence-electron chi connectivity index (χ1n) is 5.84. The van der Waals surface area contributed by atoms with Gasteiger partial charge in [-0.1, -0.05) is 12.1 Å². The highest BCUT2D eigenvalue weighted by Crippen LogP contribution is 2.06. The molecule has 104 valence electrons. The van der Waals surface area contributed by atoms with Crippen LogP contribution in [-0.2, 0) is 7.05 Å². The highest BCUT2D eigenvalue weighted by Gasteiger charge is 2.15. The third-order valence-electron chi connectivity index (χ3n) is 2.89. The largest absolute Gasteiger partial charge is 0.273 e. The Morgan fingerprint density at radius 3 is 2.30 bits per heavy atom. The van der Waals surface area contributed by atoms with Crippen LogP contribution in [-0.4, -0.2) is 21.6 Å². The third kappa shape index (κ3) is 2.66. The molecule has 6 nitrogen and oxygen atoms in total. The minimum absolute atomic E-state index is 0.143. The van der Waals surface area contributed by atoms with Gasteiger partial charge in [-0.05, 0) is 19.1 Å². The van der Waals surface area contributed by atoms with Crippen molar-refractivity contribution >= 4 is 11.8 Å². The Kier molecular flexibility index (Phi) is 3.79. The van der Waals surface area contributed by atoms with Crippen LogP contribution in [0.1, 0.15) is 26.4 Å². The maximum absolute atomic E-state index is 13.4. The number of hydrogen-bond donors (Lipinski definition) is 2. The predicted octanol–water partition coefficient (Wildman–Crippen LogP) is 0.942. The molecule has 2 N–H and O–H groups in total. The molecule has 1 heterocycles. The summed E-state index contributed by atoms with van der Waals surface area (Å²) in [7, 11) is 1.70. The summed E-state index contributed by atoms with van der Waals surface area (Å²) in [4.78, 5) is 23.5. The van der Waals surface area contributed by atoms with E-state index in [1.165, 1.54) is 35.1 Å². The molecule has 0 aliphatic heterocycles. The van der Waals surface area contributed by atoms with Gasteiger partial charge in [0.2, 0.25) is 0 Å². The lowest BCUT2D eigenvalue weighted by atomic mass is 10.2. The van der Waals surface area contributed by atoms with Crippen molar-refractivity contribution in [3.05, 3.63) is 53.1 Å². The van der Waals surface area contributed by atoms with Crippen molar-refractivity contribution in [2.75, 3.05) is 0 Å². The lowest BCUT2D eigenvalue weighted by molar-refractivity contribution is 0.0844. The first-order chi connectivity index (χ1) is 9.50. The molecule has 1 aromatic heterocycles. The van der Waals surface area contributed by atoms with Crippen LogP contribution in [0.25, 0.3) is 0 Å². The number of nitrogens with one attached hydrogen (secondary N) is 2. The van der Waals surface area contributed by atoms with Gasteiger partial charge in [0.1, 0.15) is 5.82 Å². The molecule has 0 fully saturated rings. The van der Waals surface area contributed by atoms with Crippen LogP contribution in [0.4, 0.5) is 4.39 Å². The fourth-order valence-corrected chi connectivity index (χ4v) is 1.62. The molecule has 2 rings (SSSR count). The van der Waals surface area contributed by atoms with E-state index in [0.717, 1.165) is 0 Å². The molecule has 2 amide bonds. The lowest BCUT2D eigenvalue weighted by Crippen LogP contribution is -2.42. The molecule has 0 aliphatic carbocycles. The first kappa shape index (κ1) is 13.7. The average molecular weight is 276 g/mol. The van der Waals surface area contributed by atoms with Crippen molar-refractivity contribution in [2.45, 2.75) is 6.92 Å². The molecule has 1 aromatic carbocycles. The van der Waals surface area contributed by atoms with Crippen molar-refractivity contribution in [2.24, 2.45) is 7.05 Å². The summed E-state index contributed by atoms with van der Waals surface area (Å²) in [5.41, 5.74) is 5.23. The molecular formula is C13H13FN4O2. The van der Waals surface area contributed by atoms with Gasteiger partial charge >= 0.3 is 0 Å². The molecule has 0 unspecified atom stereocenters. The van der Waals surface area contributed by atoms with Crippen molar-refractivity contribution < 1.29 is 14.0 Å². The standard InChI is InChI=1S/C13H13FN4O2/c1-8-10(7-15-18(8)2)13(20)17-16-12(19)9-5-3-4-6-11(9)14/h3-7H,1-2H3,(H,16,19)(H,17,20). The van der Waals surface area contributed by atoms with E-state index in [1.54, 1.807) is 14.0 Å². The van der Waals surface area contributed by atoms with Gasteiger partial charge in [-0.25, -0.2) is 4.39 Å². The Morgan fingerprint density at radius 1 is 1.15 bits per heavy atom. The van der Waals surface area contributed by atoms with Crippen LogP contribution in [0, 0.1) is 12.7 Å². The number of aromatic nitrogens is 2. The number of aryl methyl sites for hydroxylation is 1. The summed E-state index contributed by atoms with van der Waals surface area (Å²) in [6, 6.07) is 5.50. The Bertz CT molecular complexity index is 666. The maximum atomic E-state index is 13.4. The van der Waals surface area contributed by atoms with E-state index in [1.807, 2.05) is 0 Å². The monoisotopic (exact) mass is 276 g/mol. The number of hydrogen-bond acceptors (Lipinski definition) is 3. The number of benzene rings is 1. The molecule has 7 heteroatoms. The van der Waals surface area contributed by atoms with Crippen LogP contribution in [0.2, 0.25) is 0 Å². The third-order valence-corrected chi connectivity index (χ3v) is 2.89. The van der Waals surface area contributed by atoms with E-state index in [4.69, 9.17) is 0 Å². The van der Waals surface area contributed by atoms with E-state index in [-0.39, 0.29) is 5.56 Å². The van der Waals surface area contributed by atoms with E-state index < -0.39 is 17.6 Å². The SMILES string of the molecule is Cc1c(C(=O)NNC(=O)c2ccccc2F)cnn1C. The summed E-state index contributed by atoms with van der Waals surface area (Å²) >= 11 is 0. The summed E-state index contributed by atoms with van der Waals surface area (Å²) in [5.74, 6) is -1.89. The van der Waals surface area contributed by atoms with Crippen molar-refractivity contribution in [1.82, 2.24) is 20.6 Å². The molecule has 0 spiro atoms. The van der Waals surface area contributed by atoms with Gasteiger partial charge in [0.05, 0.1) is 17.3 Å². The van der Waals surface area contributed by atoms with Crippen LogP contribution in [0.15, 0.2) is 30.5 Å². The Morgan fingerprint density at radius 2 is 1.75 bits per heavy atom. The Hall–Kier alpha value is -2.70. The average Bonchev–Trinajstić information content (AvgIpc) is 2.76. The second-order valence-corrected chi connectivity index (χ2v) is 4.16. The van der Waals surface area contributed by atoms with Gasteiger partial charge in [0.25, 0.3) is 11.8 Å². The number of carbonyl (C=O) groups excluding carboxylic acids is 2. The van der Waals surface area contributed by atoms with Gasteiger partial charge in [-0.3, -0.25) is 25.1 Å². The molecule has 0 radical (unpaired) electrons. The quantitative estimate of drug-likeness (QED) is 0.802. The normalized spacial score (nSPS) is 10.2. The molecule has 0 saturated heterocycles. The zero-order valence-electron chi connectivity index (χ0n) is 11.0. The van der Waals surface area contributed by atoms with E-state index >= 15 is 0 Å². The highest BCUT2D eigenvalue weighted by atomic mass is 19.1. The molecule has 20 heavy (non-hydrogen) atoms. The second kappa shape index (κ2) is 5.52. The van der Waals surface area contributed by atoms with E-state index in [2.05, 4.69) is 16.0 Å². The smallest absolute Gasteiger partial charge is 0.272 e. The minimum atomic E-state index is -0.724. The summed E-state index contributed by atoms with van der Waals surface area (Å²) in [6.45, 7) is 1.72. The fraction of sp³-hybridized carbons (Fsp3) is 0.154. The number of nitrogens with zero attached hydrogens (tertiary/aromatic N) is 2. The molecule has 0 bridgehead atoms. The zero-order chi connectivity index (χ0) is 14.7. The van der Waals surface area contributed by atoms with Gasteiger partial charge < -0.3 is 0 Å². The highest BCUT2D eigenvalue weighted by molar-refractivity contribution is 5.99. The maximum Gasteiger partial charge on any atom is 0.273 e. The minimum Gasteiger partial charge on any atom is -0.272 e. The molecule has 0 saturated carbocycles.